The first kappa shape index (κ1) is 39.3. The summed E-state index contributed by atoms with van der Waals surface area (Å²) in [4.78, 5) is 24.1. The summed E-state index contributed by atoms with van der Waals surface area (Å²) in [5.74, 6) is -2.12. The maximum Gasteiger partial charge on any atom is 0.361 e. The second-order valence-corrected chi connectivity index (χ2v) is 19.3. The summed E-state index contributed by atoms with van der Waals surface area (Å²) in [6, 6.07) is -0.550. The second kappa shape index (κ2) is 15.8. The molecule has 0 bridgehead atoms. The van der Waals surface area contributed by atoms with Gasteiger partial charge in [0.1, 0.15) is 66.6 Å². The Bertz CT molecular complexity index is 1100. The van der Waals surface area contributed by atoms with Crippen LogP contribution in [0.2, 0.25) is 25.7 Å². The minimum atomic E-state index is -2.21. The number of carbonyl (C=O) groups excluding carboxylic acids is 1. The largest absolute Gasteiger partial charge is 0.477 e. The highest BCUT2D eigenvalue weighted by atomic mass is 28.3. The number of carbonyl (C=O) groups is 2. The zero-order chi connectivity index (χ0) is 35.7. The number of carboxylic acids is 1. The van der Waals surface area contributed by atoms with Gasteiger partial charge in [0, 0.05) is 21.6 Å². The predicted molar refractivity (Wildman–Crippen MR) is 159 cm³/mol. The highest BCUT2D eigenvalue weighted by molar-refractivity contribution is 6.76. The fraction of sp³-hybridized carbons (Fsp3) is 0.929. The molecule has 4 rings (SSSR count). The van der Waals surface area contributed by atoms with Crippen molar-refractivity contribution in [3.63, 3.8) is 0 Å². The number of rotatable bonds is 12. The van der Waals surface area contributed by atoms with Gasteiger partial charge < -0.3 is 84.1 Å². The quantitative estimate of drug-likeness (QED) is 0.0866. The van der Waals surface area contributed by atoms with Gasteiger partial charge >= 0.3 is 5.97 Å². The number of ether oxygens (including phenoxy) is 8. The minimum Gasteiger partial charge on any atom is -0.477 e. The molecule has 4 saturated heterocycles. The Balaban J connectivity index is 1.70. The van der Waals surface area contributed by atoms with Gasteiger partial charge in [0.05, 0.1) is 25.9 Å². The molecule has 0 aromatic rings. The molecule has 0 spiro atoms. The summed E-state index contributed by atoms with van der Waals surface area (Å²) >= 11 is 0. The second-order valence-electron chi connectivity index (χ2n) is 13.7. The number of hydrogen-bond acceptors (Lipinski definition) is 17. The molecular weight excluding hydrogens is 666 g/mol. The fourth-order valence-electron chi connectivity index (χ4n) is 6.00. The molecule has 0 aromatic carbocycles. The zero-order valence-electron chi connectivity index (χ0n) is 27.4. The molecule has 4 aliphatic heterocycles. The van der Waals surface area contributed by atoms with Gasteiger partial charge in [-0.2, -0.15) is 0 Å². The van der Waals surface area contributed by atoms with Gasteiger partial charge in [-0.15, -0.1) is 0 Å². The van der Waals surface area contributed by atoms with Crippen LogP contribution in [0.25, 0.3) is 0 Å². The van der Waals surface area contributed by atoms with Crippen LogP contribution in [0.1, 0.15) is 13.8 Å². The van der Waals surface area contributed by atoms with Crippen molar-refractivity contribution in [3.8, 4) is 0 Å². The molecule has 0 radical (unpaired) electrons. The maximum absolute atomic E-state index is 12.5. The van der Waals surface area contributed by atoms with Crippen LogP contribution in [0.15, 0.2) is 0 Å². The van der Waals surface area contributed by atoms with Gasteiger partial charge in [0.15, 0.2) is 18.9 Å². The molecular formula is C28H49NO18Si. The Labute approximate surface area is 277 Å². The van der Waals surface area contributed by atoms with Crippen LogP contribution in [0.3, 0.4) is 0 Å². The van der Waals surface area contributed by atoms with E-state index in [1.54, 1.807) is 0 Å². The monoisotopic (exact) mass is 715 g/mol. The number of aliphatic hydroxyl groups is 7. The summed E-state index contributed by atoms with van der Waals surface area (Å²) in [5, 5.41) is 86.7. The van der Waals surface area contributed by atoms with Gasteiger partial charge in [0.2, 0.25) is 5.91 Å². The lowest BCUT2D eigenvalue weighted by molar-refractivity contribution is -0.408. The fourth-order valence-corrected chi connectivity index (χ4v) is 6.73. The average molecular weight is 716 g/mol. The van der Waals surface area contributed by atoms with Crippen molar-refractivity contribution in [1.29, 1.82) is 0 Å². The van der Waals surface area contributed by atoms with E-state index in [4.69, 9.17) is 37.9 Å². The first-order valence-corrected chi connectivity index (χ1v) is 19.4. The number of carboxylic acid groups (broad SMARTS) is 1. The van der Waals surface area contributed by atoms with E-state index in [1.165, 1.54) is 13.8 Å². The van der Waals surface area contributed by atoms with Gasteiger partial charge in [-0.05, 0) is 13.0 Å². The molecule has 4 fully saturated rings. The van der Waals surface area contributed by atoms with E-state index in [-0.39, 0.29) is 6.61 Å². The first-order valence-electron chi connectivity index (χ1n) is 15.7. The molecule has 0 aliphatic carbocycles. The molecule has 1 amide bonds. The van der Waals surface area contributed by atoms with E-state index < -0.39 is 138 Å². The Morgan fingerprint density at radius 3 is 2.10 bits per heavy atom. The van der Waals surface area contributed by atoms with Crippen LogP contribution in [0, 0.1) is 0 Å². The van der Waals surface area contributed by atoms with Crippen molar-refractivity contribution >= 4 is 20.0 Å². The Hall–Kier alpha value is -1.44. The Kier molecular flexibility index (Phi) is 13.0. The topological polar surface area (TPSA) is 282 Å². The first-order chi connectivity index (χ1) is 22.4. The van der Waals surface area contributed by atoms with Crippen molar-refractivity contribution in [3.05, 3.63) is 0 Å². The van der Waals surface area contributed by atoms with Crippen LogP contribution in [0.5, 0.6) is 0 Å². The van der Waals surface area contributed by atoms with Crippen LogP contribution >= 0.6 is 0 Å². The molecule has 4 aliphatic rings. The zero-order valence-corrected chi connectivity index (χ0v) is 28.4. The van der Waals surface area contributed by atoms with E-state index in [0.29, 0.717) is 6.04 Å². The van der Waals surface area contributed by atoms with E-state index in [9.17, 15) is 50.4 Å². The standard InChI is InChI=1S/C28H49NO18Si/c1-11-16(33)17(34)18(35)25(42-11)46-21-15(29-12(2)32)24(40-6-7-48(3,4)5)43-13(8-30)20(21)45-26-19(36)22-28(39,14(9-31)44-26)10-41-27(47-22)23(37)38/h11,13-22,24-27,30-31,33-36,39H,6-10H2,1-5H3,(H,29,32)(H,37,38)/t11-,13+,14+,15+,16+,17+,18-,19+,20+,21+,22?,24+,25-,26-,27-,28-/m0/s1. The van der Waals surface area contributed by atoms with E-state index in [2.05, 4.69) is 25.0 Å². The summed E-state index contributed by atoms with van der Waals surface area (Å²) in [7, 11) is -1.62. The maximum atomic E-state index is 12.5. The third kappa shape index (κ3) is 8.53. The molecule has 20 heteroatoms. The van der Waals surface area contributed by atoms with Crippen molar-refractivity contribution in [2.75, 3.05) is 26.4 Å². The lowest BCUT2D eigenvalue weighted by Gasteiger charge is -2.54. The molecule has 16 atom stereocenters. The van der Waals surface area contributed by atoms with Crippen LogP contribution in [0.4, 0.5) is 0 Å². The van der Waals surface area contributed by atoms with Gasteiger partial charge in [-0.3, -0.25) is 4.79 Å². The van der Waals surface area contributed by atoms with Crippen LogP contribution < -0.4 is 5.32 Å². The van der Waals surface area contributed by atoms with Crippen LogP contribution in [-0.4, -0.2) is 185 Å². The van der Waals surface area contributed by atoms with Gasteiger partial charge in [-0.1, -0.05) is 19.6 Å². The van der Waals surface area contributed by atoms with Crippen molar-refractivity contribution in [2.45, 2.75) is 137 Å². The van der Waals surface area contributed by atoms with E-state index in [0.717, 1.165) is 0 Å². The number of fused-ring (bicyclic) bond motifs is 1. The molecule has 0 aromatic heterocycles. The smallest absolute Gasteiger partial charge is 0.361 e. The predicted octanol–water partition coefficient (Wildman–Crippen LogP) is -4.20. The lowest BCUT2D eigenvalue weighted by atomic mass is 9.84. The van der Waals surface area contributed by atoms with Crippen molar-refractivity contribution < 1.29 is 88.3 Å². The molecule has 1 unspecified atom stereocenters. The molecule has 19 nitrogen and oxygen atoms in total. The number of hydrogen-bond donors (Lipinski definition) is 9. The van der Waals surface area contributed by atoms with E-state index >= 15 is 0 Å². The minimum absolute atomic E-state index is 0.199. The van der Waals surface area contributed by atoms with Crippen molar-refractivity contribution in [1.82, 2.24) is 5.32 Å². The average Bonchev–Trinajstić information content (AvgIpc) is 3.01. The lowest BCUT2D eigenvalue weighted by Crippen LogP contribution is -2.74. The Morgan fingerprint density at radius 2 is 1.52 bits per heavy atom. The van der Waals surface area contributed by atoms with Crippen LogP contribution in [-0.2, 0) is 47.5 Å². The summed E-state index contributed by atoms with van der Waals surface area (Å²) in [5.41, 5.74) is -2.21. The van der Waals surface area contributed by atoms with E-state index in [1.807, 2.05) is 0 Å². The summed E-state index contributed by atoms with van der Waals surface area (Å²) in [6.07, 6.45) is -22.1. The van der Waals surface area contributed by atoms with Gasteiger partial charge in [-0.25, -0.2) is 4.79 Å². The third-order valence-electron chi connectivity index (χ3n) is 8.76. The highest BCUT2D eigenvalue weighted by Crippen LogP contribution is 2.39. The molecule has 48 heavy (non-hydrogen) atoms. The number of aliphatic hydroxyl groups excluding tert-OH is 6. The SMILES string of the molecule is CC(=O)N[C@H]1[C@H](OCC[Si](C)(C)C)O[C@H](CO)[C@@H](O[C@@H]2O[C@H](CO)[C@@]3(O)CO[C@H](C(=O)O)OC3[C@H]2O)[C@@H]1O[C@@H]1O[C@@H](C)[C@@H](O)[C@@H](O)[C@@H]1O. The number of amides is 1. The Morgan fingerprint density at radius 1 is 0.875 bits per heavy atom. The summed E-state index contributed by atoms with van der Waals surface area (Å²) < 4.78 is 46.2. The molecule has 0 saturated carbocycles. The van der Waals surface area contributed by atoms with Crippen molar-refractivity contribution in [2.24, 2.45) is 0 Å². The molecule has 278 valence electrons. The summed E-state index contributed by atoms with van der Waals surface area (Å²) in [6.45, 7) is 6.91. The molecule has 9 N–H and O–H groups in total. The van der Waals surface area contributed by atoms with Gasteiger partial charge in [0.25, 0.3) is 6.29 Å². The number of nitrogens with one attached hydrogen (secondary N) is 1. The number of aliphatic carboxylic acids is 1. The normalized spacial score (nSPS) is 45.3. The molecule has 4 heterocycles. The third-order valence-corrected chi connectivity index (χ3v) is 10.5. The highest BCUT2D eigenvalue weighted by Gasteiger charge is 2.62.